The summed E-state index contributed by atoms with van der Waals surface area (Å²) in [4.78, 5) is 1.32. The summed E-state index contributed by atoms with van der Waals surface area (Å²) in [6.07, 6.45) is -2.52. The summed E-state index contributed by atoms with van der Waals surface area (Å²) in [5.41, 5.74) is 7.07. The molecule has 0 aliphatic heterocycles. The standard InChI is InChI=1S/C10H12F2N4O2/c11-8(12)5-16(3-4-17)7-2-1-6(13)9-10(7)15-18-14-9/h1-2,8,17H,3-5,13H2. The molecular weight excluding hydrogens is 246 g/mol. The number of nitrogens with zero attached hydrogens (tertiary/aromatic N) is 3. The fourth-order valence-corrected chi connectivity index (χ4v) is 1.73. The molecule has 0 aliphatic carbocycles. The third-order valence-corrected chi connectivity index (χ3v) is 2.49. The molecule has 8 heteroatoms. The SMILES string of the molecule is Nc1ccc(N(CCO)CC(F)F)c2nonc12. The summed E-state index contributed by atoms with van der Waals surface area (Å²) in [5, 5.41) is 16.2. The first-order valence-electron chi connectivity index (χ1n) is 5.28. The van der Waals surface area contributed by atoms with E-state index in [1.807, 2.05) is 0 Å². The Hall–Kier alpha value is -1.96. The Balaban J connectivity index is 2.43. The molecule has 18 heavy (non-hydrogen) atoms. The molecule has 0 atom stereocenters. The van der Waals surface area contributed by atoms with E-state index in [-0.39, 0.29) is 13.2 Å². The molecule has 6 nitrogen and oxygen atoms in total. The zero-order valence-corrected chi connectivity index (χ0v) is 9.38. The van der Waals surface area contributed by atoms with E-state index in [4.69, 9.17) is 10.8 Å². The molecule has 2 aromatic rings. The van der Waals surface area contributed by atoms with E-state index in [0.717, 1.165) is 0 Å². The van der Waals surface area contributed by atoms with Crippen molar-refractivity contribution in [3.8, 4) is 0 Å². The number of hydrogen-bond donors (Lipinski definition) is 2. The van der Waals surface area contributed by atoms with Crippen molar-refractivity contribution >= 4 is 22.4 Å². The number of rotatable bonds is 5. The third kappa shape index (κ3) is 2.33. The second-order valence-electron chi connectivity index (χ2n) is 3.70. The monoisotopic (exact) mass is 258 g/mol. The highest BCUT2D eigenvalue weighted by molar-refractivity contribution is 5.95. The summed E-state index contributed by atoms with van der Waals surface area (Å²) in [7, 11) is 0. The molecule has 1 aromatic carbocycles. The molecule has 0 spiro atoms. The van der Waals surface area contributed by atoms with Gasteiger partial charge in [-0.15, -0.1) is 0 Å². The van der Waals surface area contributed by atoms with Crippen molar-refractivity contribution in [2.75, 3.05) is 30.3 Å². The number of nitrogens with two attached hydrogens (primary N) is 1. The maximum Gasteiger partial charge on any atom is 0.255 e. The van der Waals surface area contributed by atoms with Gasteiger partial charge in [-0.3, -0.25) is 0 Å². The van der Waals surface area contributed by atoms with E-state index in [1.54, 1.807) is 6.07 Å². The van der Waals surface area contributed by atoms with Gasteiger partial charge in [-0.25, -0.2) is 13.4 Å². The van der Waals surface area contributed by atoms with Crippen LogP contribution >= 0.6 is 0 Å². The third-order valence-electron chi connectivity index (χ3n) is 2.49. The summed E-state index contributed by atoms with van der Waals surface area (Å²) < 4.78 is 29.5. The molecule has 0 radical (unpaired) electrons. The van der Waals surface area contributed by atoms with Crippen LogP contribution in [0.25, 0.3) is 11.0 Å². The number of aromatic nitrogens is 2. The summed E-state index contributed by atoms with van der Waals surface area (Å²) in [6.45, 7) is -0.688. The van der Waals surface area contributed by atoms with Crippen LogP contribution in [0.15, 0.2) is 16.8 Å². The lowest BCUT2D eigenvalue weighted by Gasteiger charge is -2.23. The smallest absolute Gasteiger partial charge is 0.255 e. The molecule has 0 bridgehead atoms. The number of anilines is 2. The van der Waals surface area contributed by atoms with Crippen LogP contribution in [0.1, 0.15) is 0 Å². The van der Waals surface area contributed by atoms with Gasteiger partial charge in [-0.05, 0) is 22.4 Å². The van der Waals surface area contributed by atoms with Gasteiger partial charge in [0.25, 0.3) is 6.43 Å². The molecule has 0 fully saturated rings. The van der Waals surface area contributed by atoms with E-state index in [0.29, 0.717) is 22.4 Å². The first-order chi connectivity index (χ1) is 8.63. The number of halogens is 2. The Morgan fingerprint density at radius 3 is 2.72 bits per heavy atom. The number of aliphatic hydroxyl groups excluding tert-OH is 1. The molecule has 1 aromatic heterocycles. The molecule has 3 N–H and O–H groups in total. The second kappa shape index (κ2) is 5.13. The van der Waals surface area contributed by atoms with Gasteiger partial charge >= 0.3 is 0 Å². The van der Waals surface area contributed by atoms with E-state index >= 15 is 0 Å². The Labute approximate surface area is 101 Å². The number of benzene rings is 1. The average Bonchev–Trinajstić information content (AvgIpc) is 2.78. The molecule has 1 heterocycles. The van der Waals surface area contributed by atoms with Crippen molar-refractivity contribution < 1.29 is 18.5 Å². The molecule has 0 saturated carbocycles. The second-order valence-corrected chi connectivity index (χ2v) is 3.70. The van der Waals surface area contributed by atoms with Crippen LogP contribution in [-0.4, -0.2) is 41.5 Å². The van der Waals surface area contributed by atoms with Crippen LogP contribution in [0.3, 0.4) is 0 Å². The highest BCUT2D eigenvalue weighted by Gasteiger charge is 2.18. The van der Waals surface area contributed by atoms with Gasteiger partial charge in [-0.1, -0.05) is 0 Å². The number of nitrogen functional groups attached to an aromatic ring is 1. The minimum absolute atomic E-state index is 0.0657. The van der Waals surface area contributed by atoms with Gasteiger partial charge in [0, 0.05) is 6.54 Å². The lowest BCUT2D eigenvalue weighted by atomic mass is 10.2. The number of hydrogen-bond acceptors (Lipinski definition) is 6. The maximum atomic E-state index is 12.5. The molecular formula is C10H12F2N4O2. The van der Waals surface area contributed by atoms with Gasteiger partial charge in [-0.2, -0.15) is 0 Å². The van der Waals surface area contributed by atoms with Crippen molar-refractivity contribution in [3.63, 3.8) is 0 Å². The Morgan fingerprint density at radius 1 is 1.33 bits per heavy atom. The number of alkyl halides is 2. The quantitative estimate of drug-likeness (QED) is 0.773. The van der Waals surface area contributed by atoms with Crippen molar-refractivity contribution in [2.24, 2.45) is 0 Å². The molecule has 2 rings (SSSR count). The zero-order chi connectivity index (χ0) is 13.1. The van der Waals surface area contributed by atoms with E-state index < -0.39 is 13.0 Å². The molecule has 0 unspecified atom stereocenters. The van der Waals surface area contributed by atoms with Crippen LogP contribution < -0.4 is 10.6 Å². The fraction of sp³-hybridized carbons (Fsp3) is 0.400. The van der Waals surface area contributed by atoms with Crippen molar-refractivity contribution in [1.82, 2.24) is 10.3 Å². The van der Waals surface area contributed by atoms with Gasteiger partial charge in [0.15, 0.2) is 11.0 Å². The summed E-state index contributed by atoms with van der Waals surface area (Å²) >= 11 is 0. The van der Waals surface area contributed by atoms with Crippen molar-refractivity contribution in [1.29, 1.82) is 0 Å². The maximum absolute atomic E-state index is 12.5. The van der Waals surface area contributed by atoms with Gasteiger partial charge in [0.2, 0.25) is 0 Å². The highest BCUT2D eigenvalue weighted by atomic mass is 19.3. The van der Waals surface area contributed by atoms with Crippen LogP contribution in [0.5, 0.6) is 0 Å². The van der Waals surface area contributed by atoms with E-state index in [1.165, 1.54) is 11.0 Å². The minimum Gasteiger partial charge on any atom is -0.397 e. The van der Waals surface area contributed by atoms with Crippen LogP contribution in [-0.2, 0) is 0 Å². The van der Waals surface area contributed by atoms with Crippen molar-refractivity contribution in [2.45, 2.75) is 6.43 Å². The fourth-order valence-electron chi connectivity index (χ4n) is 1.73. The predicted octanol–water partition coefficient (Wildman–Crippen LogP) is 0.869. The largest absolute Gasteiger partial charge is 0.397 e. The van der Waals surface area contributed by atoms with E-state index in [2.05, 4.69) is 14.9 Å². The van der Waals surface area contributed by atoms with Crippen molar-refractivity contribution in [3.05, 3.63) is 12.1 Å². The lowest BCUT2D eigenvalue weighted by molar-refractivity contribution is 0.153. The predicted molar refractivity (Wildman–Crippen MR) is 61.5 cm³/mol. The Kier molecular flexibility index (Phi) is 3.56. The van der Waals surface area contributed by atoms with Gasteiger partial charge in [0.05, 0.1) is 24.5 Å². The van der Waals surface area contributed by atoms with E-state index in [9.17, 15) is 8.78 Å². The highest BCUT2D eigenvalue weighted by Crippen LogP contribution is 2.28. The molecule has 0 amide bonds. The normalized spacial score (nSPS) is 11.3. The number of fused-ring (bicyclic) bond motifs is 1. The molecule has 98 valence electrons. The minimum atomic E-state index is -2.52. The first kappa shape index (κ1) is 12.5. The van der Waals surface area contributed by atoms with Crippen LogP contribution in [0, 0.1) is 0 Å². The Bertz CT molecular complexity index is 532. The average molecular weight is 258 g/mol. The lowest BCUT2D eigenvalue weighted by Crippen LogP contribution is -2.31. The topological polar surface area (TPSA) is 88.4 Å². The zero-order valence-electron chi connectivity index (χ0n) is 9.38. The molecule has 0 aliphatic rings. The summed E-state index contributed by atoms with van der Waals surface area (Å²) in [5.74, 6) is 0. The number of aliphatic hydroxyl groups is 1. The van der Waals surface area contributed by atoms with Crippen LogP contribution in [0.2, 0.25) is 0 Å². The van der Waals surface area contributed by atoms with Gasteiger partial charge in [0.1, 0.15) is 0 Å². The Morgan fingerprint density at radius 2 is 2.06 bits per heavy atom. The van der Waals surface area contributed by atoms with Gasteiger partial charge < -0.3 is 15.7 Å². The summed E-state index contributed by atoms with van der Waals surface area (Å²) in [6, 6.07) is 3.09. The van der Waals surface area contributed by atoms with Crippen LogP contribution in [0.4, 0.5) is 20.2 Å². The first-order valence-corrected chi connectivity index (χ1v) is 5.28. The molecule has 0 saturated heterocycles.